The minimum Gasteiger partial charge on any atom is -0.390 e. The summed E-state index contributed by atoms with van der Waals surface area (Å²) in [4.78, 5) is 0. The fourth-order valence-electron chi connectivity index (χ4n) is 1.68. The van der Waals surface area contributed by atoms with Gasteiger partial charge in [-0.05, 0) is 26.2 Å². The Morgan fingerprint density at radius 1 is 1.21 bits per heavy atom. The minimum atomic E-state index is -0.612. The number of hydrogen-bond donors (Lipinski definition) is 1. The van der Waals surface area contributed by atoms with Gasteiger partial charge in [0.05, 0.1) is 5.60 Å². The van der Waals surface area contributed by atoms with E-state index in [9.17, 15) is 5.11 Å². The molecule has 0 aliphatic heterocycles. The summed E-state index contributed by atoms with van der Waals surface area (Å²) in [7, 11) is 0. The van der Waals surface area contributed by atoms with Crippen molar-refractivity contribution >= 4 is 0 Å². The van der Waals surface area contributed by atoms with Crippen LogP contribution in [-0.4, -0.2) is 10.7 Å². The Balaban J connectivity index is 3.70. The number of unbranched alkanes of at least 4 members (excludes halogenated alkanes) is 1. The second kappa shape index (κ2) is 6.23. The highest BCUT2D eigenvalue weighted by molar-refractivity contribution is 4.90. The van der Waals surface area contributed by atoms with Gasteiger partial charge in [0, 0.05) is 5.92 Å². The lowest BCUT2D eigenvalue weighted by molar-refractivity contribution is 0.0327. The van der Waals surface area contributed by atoms with Crippen LogP contribution in [0.4, 0.5) is 0 Å². The quantitative estimate of drug-likeness (QED) is 0.487. The molecule has 1 nitrogen and oxygen atoms in total. The molecule has 1 heteroatoms. The molecule has 0 aromatic carbocycles. The molecule has 0 bridgehead atoms. The SMILES string of the molecule is C=C[C@H](CCCCC(C)C)C(C)(C)O. The van der Waals surface area contributed by atoms with E-state index in [2.05, 4.69) is 20.4 Å². The molecule has 0 heterocycles. The van der Waals surface area contributed by atoms with Crippen LogP contribution < -0.4 is 0 Å². The molecule has 0 saturated carbocycles. The molecule has 14 heavy (non-hydrogen) atoms. The molecule has 0 saturated heterocycles. The van der Waals surface area contributed by atoms with E-state index in [0.717, 1.165) is 12.3 Å². The molecule has 0 aromatic rings. The van der Waals surface area contributed by atoms with Crippen molar-refractivity contribution in [2.24, 2.45) is 11.8 Å². The molecule has 1 atom stereocenters. The fraction of sp³-hybridized carbons (Fsp3) is 0.846. The predicted molar refractivity (Wildman–Crippen MR) is 63.3 cm³/mol. The number of hydrogen-bond acceptors (Lipinski definition) is 1. The molecule has 0 rings (SSSR count). The summed E-state index contributed by atoms with van der Waals surface area (Å²) in [5.41, 5.74) is -0.612. The smallest absolute Gasteiger partial charge is 0.0653 e. The zero-order valence-electron chi connectivity index (χ0n) is 10.2. The van der Waals surface area contributed by atoms with Gasteiger partial charge in [-0.3, -0.25) is 0 Å². The van der Waals surface area contributed by atoms with Crippen molar-refractivity contribution in [3.8, 4) is 0 Å². The summed E-state index contributed by atoms with van der Waals surface area (Å²) in [5.74, 6) is 1.02. The van der Waals surface area contributed by atoms with Crippen molar-refractivity contribution in [1.82, 2.24) is 0 Å². The van der Waals surface area contributed by atoms with Crippen LogP contribution in [0.25, 0.3) is 0 Å². The maximum atomic E-state index is 9.81. The molecule has 1 N–H and O–H groups in total. The Bertz CT molecular complexity index is 153. The third-order valence-corrected chi connectivity index (χ3v) is 2.74. The summed E-state index contributed by atoms with van der Waals surface area (Å²) >= 11 is 0. The summed E-state index contributed by atoms with van der Waals surface area (Å²) in [6, 6.07) is 0. The molecule has 84 valence electrons. The summed E-state index contributed by atoms with van der Waals surface area (Å²) in [5, 5.41) is 9.81. The first-order chi connectivity index (χ1) is 6.38. The Kier molecular flexibility index (Phi) is 6.10. The van der Waals surface area contributed by atoms with Gasteiger partial charge >= 0.3 is 0 Å². The Labute approximate surface area is 89.2 Å². The van der Waals surface area contributed by atoms with Crippen molar-refractivity contribution < 1.29 is 5.11 Å². The average molecular weight is 198 g/mol. The number of aliphatic hydroxyl groups is 1. The first kappa shape index (κ1) is 13.7. The maximum Gasteiger partial charge on any atom is 0.0653 e. The van der Waals surface area contributed by atoms with Crippen molar-refractivity contribution in [1.29, 1.82) is 0 Å². The van der Waals surface area contributed by atoms with Gasteiger partial charge < -0.3 is 5.11 Å². The highest BCUT2D eigenvalue weighted by Crippen LogP contribution is 2.24. The summed E-state index contributed by atoms with van der Waals surface area (Å²) < 4.78 is 0. The van der Waals surface area contributed by atoms with E-state index < -0.39 is 5.60 Å². The molecule has 0 spiro atoms. The second-order valence-electron chi connectivity index (χ2n) is 5.17. The lowest BCUT2D eigenvalue weighted by Crippen LogP contribution is -2.29. The Morgan fingerprint density at radius 3 is 2.07 bits per heavy atom. The van der Waals surface area contributed by atoms with Gasteiger partial charge in [0.2, 0.25) is 0 Å². The first-order valence-electron chi connectivity index (χ1n) is 5.73. The second-order valence-corrected chi connectivity index (χ2v) is 5.17. The largest absolute Gasteiger partial charge is 0.390 e. The summed E-state index contributed by atoms with van der Waals surface area (Å²) in [6.07, 6.45) is 6.68. The minimum absolute atomic E-state index is 0.231. The molecule has 0 amide bonds. The summed E-state index contributed by atoms with van der Waals surface area (Å²) in [6.45, 7) is 12.0. The van der Waals surface area contributed by atoms with E-state index in [0.29, 0.717) is 0 Å². The van der Waals surface area contributed by atoms with Crippen molar-refractivity contribution in [2.45, 2.75) is 59.0 Å². The lowest BCUT2D eigenvalue weighted by Gasteiger charge is -2.26. The van der Waals surface area contributed by atoms with Crippen LogP contribution in [0.3, 0.4) is 0 Å². The molecule has 0 radical (unpaired) electrons. The fourth-order valence-corrected chi connectivity index (χ4v) is 1.68. The van der Waals surface area contributed by atoms with Gasteiger partial charge in [-0.15, -0.1) is 6.58 Å². The third-order valence-electron chi connectivity index (χ3n) is 2.74. The van der Waals surface area contributed by atoms with Crippen LogP contribution in [0.5, 0.6) is 0 Å². The van der Waals surface area contributed by atoms with Crippen LogP contribution in [0.2, 0.25) is 0 Å². The molecule has 0 aliphatic rings. The van der Waals surface area contributed by atoms with Gasteiger partial charge in [-0.25, -0.2) is 0 Å². The molecule has 0 aromatic heterocycles. The lowest BCUT2D eigenvalue weighted by atomic mass is 9.86. The van der Waals surface area contributed by atoms with Crippen LogP contribution in [0, 0.1) is 11.8 Å². The van der Waals surface area contributed by atoms with Crippen LogP contribution in [0.1, 0.15) is 53.4 Å². The van der Waals surface area contributed by atoms with Gasteiger partial charge in [-0.1, -0.05) is 39.2 Å². The normalized spacial score (nSPS) is 14.4. The monoisotopic (exact) mass is 198 g/mol. The van der Waals surface area contributed by atoms with Gasteiger partial charge in [0.25, 0.3) is 0 Å². The highest BCUT2D eigenvalue weighted by Gasteiger charge is 2.22. The van der Waals surface area contributed by atoms with Crippen LogP contribution in [0.15, 0.2) is 12.7 Å². The van der Waals surface area contributed by atoms with E-state index in [1.165, 1.54) is 19.3 Å². The molecular formula is C13H26O. The maximum absolute atomic E-state index is 9.81. The third kappa shape index (κ3) is 6.20. The van der Waals surface area contributed by atoms with Crippen molar-refractivity contribution in [2.75, 3.05) is 0 Å². The number of rotatable bonds is 7. The predicted octanol–water partition coefficient (Wildman–Crippen LogP) is 3.78. The van der Waals surface area contributed by atoms with E-state index in [1.807, 2.05) is 19.9 Å². The van der Waals surface area contributed by atoms with Crippen molar-refractivity contribution in [3.05, 3.63) is 12.7 Å². The standard InChI is InChI=1S/C13H26O/c1-6-12(13(4,5)14)10-8-7-9-11(2)3/h6,11-12,14H,1,7-10H2,2-5H3/t12-/m1/s1. The van der Waals surface area contributed by atoms with E-state index in [-0.39, 0.29) is 5.92 Å². The van der Waals surface area contributed by atoms with Gasteiger partial charge in [0.15, 0.2) is 0 Å². The zero-order valence-corrected chi connectivity index (χ0v) is 10.2. The van der Waals surface area contributed by atoms with E-state index in [1.54, 1.807) is 0 Å². The Hall–Kier alpha value is -0.300. The average Bonchev–Trinajstić information content (AvgIpc) is 2.01. The van der Waals surface area contributed by atoms with Crippen molar-refractivity contribution in [3.63, 3.8) is 0 Å². The molecule has 0 fully saturated rings. The van der Waals surface area contributed by atoms with E-state index in [4.69, 9.17) is 0 Å². The molecule has 0 aliphatic carbocycles. The first-order valence-corrected chi connectivity index (χ1v) is 5.73. The molecular weight excluding hydrogens is 172 g/mol. The van der Waals surface area contributed by atoms with Gasteiger partial charge in [-0.2, -0.15) is 0 Å². The van der Waals surface area contributed by atoms with Crippen LogP contribution in [-0.2, 0) is 0 Å². The van der Waals surface area contributed by atoms with E-state index >= 15 is 0 Å². The Morgan fingerprint density at radius 2 is 1.71 bits per heavy atom. The van der Waals surface area contributed by atoms with Gasteiger partial charge in [0.1, 0.15) is 0 Å². The highest BCUT2D eigenvalue weighted by atomic mass is 16.3. The zero-order chi connectivity index (χ0) is 11.2. The molecule has 0 unspecified atom stereocenters. The van der Waals surface area contributed by atoms with Crippen LogP contribution >= 0.6 is 0 Å². The topological polar surface area (TPSA) is 20.2 Å².